The summed E-state index contributed by atoms with van der Waals surface area (Å²) in [6, 6.07) is 0. The molecule has 1 saturated carbocycles. The normalized spacial score (nSPS) is 20.0. The van der Waals surface area contributed by atoms with Crippen LogP contribution in [0.3, 0.4) is 0 Å². The number of hydrogen-bond donors (Lipinski definition) is 0. The molecule has 0 aromatic rings. The molecule has 0 aromatic heterocycles. The number of allylic oxidation sites excluding steroid dienone is 3. The van der Waals surface area contributed by atoms with Crippen molar-refractivity contribution in [3.05, 3.63) is 21.8 Å². The zero-order valence-electron chi connectivity index (χ0n) is 20.3. The first-order valence-corrected chi connectivity index (χ1v) is 19.3. The van der Waals surface area contributed by atoms with Crippen molar-refractivity contribution >= 4 is 30.3 Å². The van der Waals surface area contributed by atoms with Gasteiger partial charge in [-0.15, -0.1) is 0 Å². The summed E-state index contributed by atoms with van der Waals surface area (Å²) in [5.74, 6) is -0.898. The Balaban J connectivity index is 3.57. The summed E-state index contributed by atoms with van der Waals surface area (Å²) in [7, 11) is 2.72. The van der Waals surface area contributed by atoms with Gasteiger partial charge in [-0.05, 0) is 0 Å². The Morgan fingerprint density at radius 3 is 1.77 bits per heavy atom. The average molecular weight is 527 g/mol. The molecule has 0 bridgehead atoms. The van der Waals surface area contributed by atoms with E-state index in [-0.39, 0.29) is 5.92 Å². The Kier molecular flexibility index (Phi) is 11.7. The number of methoxy groups -OCH3 is 2. The fraction of sp³-hybridized carbons (Fsp3) is 0.760. The molecule has 0 aromatic carbocycles. The molecular formula is C25H44O4Sn. The minimum absolute atomic E-state index is 0.0455. The Bertz CT molecular complexity index is 585. The van der Waals surface area contributed by atoms with Crippen LogP contribution in [0.2, 0.25) is 13.3 Å². The number of esters is 2. The summed E-state index contributed by atoms with van der Waals surface area (Å²) in [6.45, 7) is 13.2. The van der Waals surface area contributed by atoms with Gasteiger partial charge in [-0.25, -0.2) is 0 Å². The number of carbonyl (C=O) groups excluding carboxylic acids is 2. The van der Waals surface area contributed by atoms with Crippen LogP contribution in [-0.4, -0.2) is 44.5 Å². The number of hydrogen-bond acceptors (Lipinski definition) is 4. The molecule has 1 atom stereocenters. The summed E-state index contributed by atoms with van der Waals surface area (Å²) in [5.41, 5.74) is 0.0662. The number of carbonyl (C=O) groups is 2. The fourth-order valence-corrected chi connectivity index (χ4v) is 22.2. The van der Waals surface area contributed by atoms with Gasteiger partial charge in [0.1, 0.15) is 0 Å². The summed E-state index contributed by atoms with van der Waals surface area (Å²) < 4.78 is 15.9. The summed E-state index contributed by atoms with van der Waals surface area (Å²) in [4.78, 5) is 25.5. The molecule has 30 heavy (non-hydrogen) atoms. The van der Waals surface area contributed by atoms with Crippen LogP contribution >= 0.6 is 0 Å². The molecule has 5 heteroatoms. The first-order chi connectivity index (χ1) is 14.3. The van der Waals surface area contributed by atoms with Crippen molar-refractivity contribution in [1.82, 2.24) is 0 Å². The van der Waals surface area contributed by atoms with Gasteiger partial charge in [0.15, 0.2) is 0 Å². The molecule has 1 rings (SSSR count). The maximum absolute atomic E-state index is 12.8. The van der Waals surface area contributed by atoms with E-state index in [4.69, 9.17) is 9.47 Å². The van der Waals surface area contributed by atoms with E-state index < -0.39 is 35.7 Å². The first-order valence-electron chi connectivity index (χ1n) is 11.8. The van der Waals surface area contributed by atoms with Gasteiger partial charge in [-0.2, -0.15) is 0 Å². The van der Waals surface area contributed by atoms with Crippen molar-refractivity contribution in [2.24, 2.45) is 11.3 Å². The van der Waals surface area contributed by atoms with Crippen LogP contribution in [0, 0.1) is 11.3 Å². The standard InChI is InChI=1S/C13H17O4.3C4H9.Sn/c1-5-9-7-13(11(14)16-3,12(15)17-4)8-10(9)6-2;3*1-3-4-2;/h5,9H,1,7-8H2,2-4H3;3*1,3-4H2,2H3;. The van der Waals surface area contributed by atoms with Crippen molar-refractivity contribution in [3.8, 4) is 0 Å². The number of unbranched alkanes of at least 4 members (excludes halogenated alkanes) is 3. The molecule has 1 aliphatic carbocycles. The van der Waals surface area contributed by atoms with Crippen LogP contribution in [0.4, 0.5) is 0 Å². The van der Waals surface area contributed by atoms with Crippen LogP contribution in [0.5, 0.6) is 0 Å². The predicted molar refractivity (Wildman–Crippen MR) is 127 cm³/mol. The Labute approximate surface area is 188 Å². The van der Waals surface area contributed by atoms with Crippen LogP contribution < -0.4 is 0 Å². The molecule has 0 spiro atoms. The Morgan fingerprint density at radius 1 is 1.00 bits per heavy atom. The van der Waals surface area contributed by atoms with E-state index in [0.717, 1.165) is 0 Å². The van der Waals surface area contributed by atoms with Crippen molar-refractivity contribution in [1.29, 1.82) is 0 Å². The maximum atomic E-state index is 12.8. The van der Waals surface area contributed by atoms with Gasteiger partial charge in [0.2, 0.25) is 0 Å². The fourth-order valence-electron chi connectivity index (χ4n) is 5.27. The number of rotatable bonds is 13. The van der Waals surface area contributed by atoms with Crippen molar-refractivity contribution in [2.75, 3.05) is 14.2 Å². The van der Waals surface area contributed by atoms with Crippen LogP contribution in [0.15, 0.2) is 21.8 Å². The van der Waals surface area contributed by atoms with Gasteiger partial charge in [0.25, 0.3) is 0 Å². The van der Waals surface area contributed by atoms with Gasteiger partial charge < -0.3 is 0 Å². The van der Waals surface area contributed by atoms with Crippen molar-refractivity contribution < 1.29 is 19.1 Å². The monoisotopic (exact) mass is 528 g/mol. The quantitative estimate of drug-likeness (QED) is 0.117. The molecule has 0 N–H and O–H groups in total. The molecule has 1 unspecified atom stereocenters. The van der Waals surface area contributed by atoms with E-state index in [2.05, 4.69) is 34.3 Å². The third kappa shape index (κ3) is 5.92. The Hall–Kier alpha value is -0.781. The van der Waals surface area contributed by atoms with Crippen molar-refractivity contribution in [2.45, 2.75) is 92.4 Å². The van der Waals surface area contributed by atoms with Crippen LogP contribution in [0.1, 0.15) is 79.1 Å². The second kappa shape index (κ2) is 12.9. The van der Waals surface area contributed by atoms with E-state index in [1.54, 1.807) is 3.59 Å². The topological polar surface area (TPSA) is 52.6 Å². The molecule has 0 aliphatic heterocycles. The van der Waals surface area contributed by atoms with E-state index in [0.29, 0.717) is 12.8 Å². The molecule has 4 nitrogen and oxygen atoms in total. The van der Waals surface area contributed by atoms with E-state index in [1.807, 2.05) is 6.08 Å². The Morgan fingerprint density at radius 2 is 1.43 bits per heavy atom. The molecule has 0 radical (unpaired) electrons. The second-order valence-electron chi connectivity index (χ2n) is 9.03. The van der Waals surface area contributed by atoms with E-state index in [1.165, 1.54) is 71.6 Å². The zero-order valence-corrected chi connectivity index (χ0v) is 23.1. The third-order valence-corrected chi connectivity index (χ3v) is 23.9. The summed E-state index contributed by atoms with van der Waals surface area (Å²) >= 11 is -2.65. The molecular weight excluding hydrogens is 483 g/mol. The van der Waals surface area contributed by atoms with Gasteiger partial charge >= 0.3 is 189 Å². The first kappa shape index (κ1) is 27.3. The van der Waals surface area contributed by atoms with Gasteiger partial charge in [0.05, 0.1) is 0 Å². The molecule has 0 amide bonds. The van der Waals surface area contributed by atoms with E-state index in [9.17, 15) is 9.59 Å². The second-order valence-corrected chi connectivity index (χ2v) is 22.8. The van der Waals surface area contributed by atoms with Gasteiger partial charge in [0, 0.05) is 0 Å². The molecule has 1 fully saturated rings. The van der Waals surface area contributed by atoms with Crippen LogP contribution in [-0.2, 0) is 19.1 Å². The third-order valence-electron chi connectivity index (χ3n) is 7.25. The molecule has 0 heterocycles. The SMILES string of the molecule is C=CC1CC(C(=O)OC)(C(=O)OC)C/C1=[C](/C)[Sn]([CH2]CCC)([CH2]CCC)[CH2]CCC. The predicted octanol–water partition coefficient (Wildman–Crippen LogP) is 6.62. The zero-order chi connectivity index (χ0) is 22.8. The number of ether oxygens (including phenoxy) is 2. The van der Waals surface area contributed by atoms with Crippen LogP contribution in [0.25, 0.3) is 0 Å². The summed E-state index contributed by atoms with van der Waals surface area (Å²) in [6.07, 6.45) is 10.3. The molecule has 172 valence electrons. The minimum atomic E-state index is -2.65. The summed E-state index contributed by atoms with van der Waals surface area (Å²) in [5, 5.41) is 0. The molecule has 1 aliphatic rings. The van der Waals surface area contributed by atoms with E-state index >= 15 is 0 Å². The molecule has 0 saturated heterocycles. The average Bonchev–Trinajstić information content (AvgIpc) is 3.18. The van der Waals surface area contributed by atoms with Gasteiger partial charge in [-0.3, -0.25) is 0 Å². The van der Waals surface area contributed by atoms with Crippen molar-refractivity contribution in [3.63, 3.8) is 0 Å². The van der Waals surface area contributed by atoms with Gasteiger partial charge in [-0.1, -0.05) is 0 Å².